The zero-order valence-corrected chi connectivity index (χ0v) is 11.2. The first kappa shape index (κ1) is 13.9. The van der Waals surface area contributed by atoms with Crippen LogP contribution in [0.1, 0.15) is 37.4 Å². The monoisotopic (exact) mass is 271 g/mol. The summed E-state index contributed by atoms with van der Waals surface area (Å²) in [5.74, 6) is -0.874. The van der Waals surface area contributed by atoms with Gasteiger partial charge >= 0.3 is 0 Å². The van der Waals surface area contributed by atoms with Gasteiger partial charge in [0.05, 0.1) is 0 Å². The number of aldehydes is 1. The van der Waals surface area contributed by atoms with Crippen LogP contribution in [0.15, 0.2) is 30.3 Å². The van der Waals surface area contributed by atoms with Crippen molar-refractivity contribution in [3.8, 4) is 0 Å². The number of hydrogen-bond acceptors (Lipinski definition) is 3. The zero-order chi connectivity index (χ0) is 14.9. The number of rotatable bonds is 3. The summed E-state index contributed by atoms with van der Waals surface area (Å²) < 4.78 is 13.1. The van der Waals surface area contributed by atoms with Gasteiger partial charge in [-0.2, -0.15) is 0 Å². The Morgan fingerprint density at radius 3 is 2.40 bits per heavy atom. The van der Waals surface area contributed by atoms with Crippen molar-refractivity contribution in [3.05, 3.63) is 64.0 Å². The van der Waals surface area contributed by atoms with Gasteiger partial charge in [0.2, 0.25) is 0 Å². The summed E-state index contributed by atoms with van der Waals surface area (Å²) in [6.07, 6.45) is 0.662. The van der Waals surface area contributed by atoms with E-state index in [2.05, 4.69) is 0 Å². The van der Waals surface area contributed by atoms with E-state index in [1.165, 1.54) is 12.1 Å². The van der Waals surface area contributed by atoms with Crippen LogP contribution in [0.5, 0.6) is 0 Å². The second kappa shape index (κ2) is 5.25. The Labute approximate surface area is 116 Å². The summed E-state index contributed by atoms with van der Waals surface area (Å²) in [4.78, 5) is 23.8. The molecule has 0 aliphatic carbocycles. The molecular formula is C16H14FNO2. The average Bonchev–Trinajstić information content (AvgIpc) is 2.40. The highest BCUT2D eigenvalue weighted by Gasteiger charge is 2.19. The lowest BCUT2D eigenvalue weighted by atomic mass is 9.91. The Morgan fingerprint density at radius 2 is 1.80 bits per heavy atom. The first-order valence-corrected chi connectivity index (χ1v) is 6.10. The molecule has 0 spiro atoms. The molecule has 0 unspecified atom stereocenters. The van der Waals surface area contributed by atoms with Crippen molar-refractivity contribution in [2.45, 2.75) is 13.8 Å². The molecule has 0 aliphatic rings. The standard InChI is InChI=1S/C16H14FNO2/c1-9-3-4-10(2)15(13(9)8-19)16(20)12-6-5-11(17)7-14(12)18/h3-8H,18H2,1-2H3. The normalized spacial score (nSPS) is 10.3. The molecule has 2 aromatic rings. The molecule has 0 aromatic heterocycles. The lowest BCUT2D eigenvalue weighted by Crippen LogP contribution is -2.11. The van der Waals surface area contributed by atoms with Crippen LogP contribution in [-0.4, -0.2) is 12.1 Å². The largest absolute Gasteiger partial charge is 0.398 e. The number of halogens is 1. The van der Waals surface area contributed by atoms with Crippen molar-refractivity contribution in [3.63, 3.8) is 0 Å². The molecule has 0 radical (unpaired) electrons. The fourth-order valence-corrected chi connectivity index (χ4v) is 2.16. The molecule has 0 aliphatic heterocycles. The molecule has 0 bridgehead atoms. The highest BCUT2D eigenvalue weighted by molar-refractivity contribution is 6.16. The van der Waals surface area contributed by atoms with Gasteiger partial charge in [-0.1, -0.05) is 12.1 Å². The number of carbonyl (C=O) groups excluding carboxylic acids is 2. The maximum absolute atomic E-state index is 13.1. The van der Waals surface area contributed by atoms with E-state index < -0.39 is 5.82 Å². The van der Waals surface area contributed by atoms with E-state index >= 15 is 0 Å². The summed E-state index contributed by atoms with van der Waals surface area (Å²) in [5.41, 5.74) is 8.02. The Morgan fingerprint density at radius 1 is 1.15 bits per heavy atom. The van der Waals surface area contributed by atoms with E-state index in [0.717, 1.165) is 11.6 Å². The van der Waals surface area contributed by atoms with E-state index in [1.54, 1.807) is 26.0 Å². The minimum absolute atomic E-state index is 0.0627. The minimum Gasteiger partial charge on any atom is -0.398 e. The van der Waals surface area contributed by atoms with E-state index in [-0.39, 0.29) is 17.0 Å². The van der Waals surface area contributed by atoms with Crippen molar-refractivity contribution in [1.82, 2.24) is 0 Å². The number of ketones is 1. The van der Waals surface area contributed by atoms with Gasteiger partial charge < -0.3 is 5.73 Å². The fourth-order valence-electron chi connectivity index (χ4n) is 2.16. The third-order valence-electron chi connectivity index (χ3n) is 3.28. The number of anilines is 1. The Balaban J connectivity index is 2.65. The molecule has 2 N–H and O–H groups in total. The lowest BCUT2D eigenvalue weighted by Gasteiger charge is -2.12. The molecule has 0 fully saturated rings. The van der Waals surface area contributed by atoms with Gasteiger partial charge in [0, 0.05) is 22.4 Å². The number of carbonyl (C=O) groups is 2. The third kappa shape index (κ3) is 2.32. The Kier molecular flexibility index (Phi) is 3.66. The van der Waals surface area contributed by atoms with Gasteiger partial charge in [0.1, 0.15) is 5.82 Å². The van der Waals surface area contributed by atoms with Crippen LogP contribution in [0, 0.1) is 19.7 Å². The van der Waals surface area contributed by atoms with E-state index in [0.29, 0.717) is 23.0 Å². The second-order valence-corrected chi connectivity index (χ2v) is 4.67. The smallest absolute Gasteiger partial charge is 0.196 e. The third-order valence-corrected chi connectivity index (χ3v) is 3.28. The van der Waals surface area contributed by atoms with Crippen LogP contribution in [0.4, 0.5) is 10.1 Å². The summed E-state index contributed by atoms with van der Waals surface area (Å²) in [7, 11) is 0. The molecule has 102 valence electrons. The Hall–Kier alpha value is -2.49. The summed E-state index contributed by atoms with van der Waals surface area (Å²) in [6.45, 7) is 3.51. The maximum atomic E-state index is 13.1. The number of benzene rings is 2. The summed E-state index contributed by atoms with van der Waals surface area (Å²) >= 11 is 0. The quantitative estimate of drug-likeness (QED) is 0.530. The Bertz CT molecular complexity index is 708. The molecule has 4 heteroatoms. The molecule has 0 saturated carbocycles. The van der Waals surface area contributed by atoms with Crippen molar-refractivity contribution in [2.24, 2.45) is 0 Å². The minimum atomic E-state index is -0.504. The average molecular weight is 271 g/mol. The number of nitrogen functional groups attached to an aromatic ring is 1. The molecule has 2 rings (SSSR count). The molecule has 0 amide bonds. The highest BCUT2D eigenvalue weighted by Crippen LogP contribution is 2.24. The lowest BCUT2D eigenvalue weighted by molar-refractivity contribution is 0.102. The molecule has 0 heterocycles. The second-order valence-electron chi connectivity index (χ2n) is 4.67. The molecule has 3 nitrogen and oxygen atoms in total. The highest BCUT2D eigenvalue weighted by atomic mass is 19.1. The first-order valence-electron chi connectivity index (χ1n) is 6.10. The summed E-state index contributed by atoms with van der Waals surface area (Å²) in [6, 6.07) is 7.16. The number of nitrogens with two attached hydrogens (primary N) is 1. The van der Waals surface area contributed by atoms with E-state index in [1.807, 2.05) is 0 Å². The molecule has 0 saturated heterocycles. The van der Waals surface area contributed by atoms with Gasteiger partial charge in [-0.15, -0.1) is 0 Å². The van der Waals surface area contributed by atoms with Gasteiger partial charge in [-0.25, -0.2) is 4.39 Å². The molecule has 0 atom stereocenters. The number of hydrogen-bond donors (Lipinski definition) is 1. The topological polar surface area (TPSA) is 60.2 Å². The fraction of sp³-hybridized carbons (Fsp3) is 0.125. The molecule has 20 heavy (non-hydrogen) atoms. The van der Waals surface area contributed by atoms with Gasteiger partial charge in [-0.05, 0) is 43.2 Å². The number of aryl methyl sites for hydroxylation is 2. The SMILES string of the molecule is Cc1ccc(C)c(C(=O)c2ccc(F)cc2N)c1C=O. The van der Waals surface area contributed by atoms with Gasteiger partial charge in [0.15, 0.2) is 12.1 Å². The van der Waals surface area contributed by atoms with Crippen LogP contribution in [-0.2, 0) is 0 Å². The molecular weight excluding hydrogens is 257 g/mol. The van der Waals surface area contributed by atoms with Gasteiger partial charge in [0.25, 0.3) is 0 Å². The van der Waals surface area contributed by atoms with Gasteiger partial charge in [-0.3, -0.25) is 9.59 Å². The van der Waals surface area contributed by atoms with Crippen molar-refractivity contribution in [1.29, 1.82) is 0 Å². The van der Waals surface area contributed by atoms with Crippen LogP contribution in [0.2, 0.25) is 0 Å². The summed E-state index contributed by atoms with van der Waals surface area (Å²) in [5, 5.41) is 0. The van der Waals surface area contributed by atoms with Crippen molar-refractivity contribution in [2.75, 3.05) is 5.73 Å². The predicted molar refractivity (Wildman–Crippen MR) is 75.5 cm³/mol. The van der Waals surface area contributed by atoms with Crippen LogP contribution in [0.25, 0.3) is 0 Å². The van der Waals surface area contributed by atoms with E-state index in [4.69, 9.17) is 5.73 Å². The van der Waals surface area contributed by atoms with Crippen LogP contribution < -0.4 is 5.73 Å². The van der Waals surface area contributed by atoms with Crippen LogP contribution >= 0.6 is 0 Å². The zero-order valence-electron chi connectivity index (χ0n) is 11.2. The van der Waals surface area contributed by atoms with Crippen molar-refractivity contribution < 1.29 is 14.0 Å². The van der Waals surface area contributed by atoms with E-state index in [9.17, 15) is 14.0 Å². The molecule has 2 aromatic carbocycles. The first-order chi connectivity index (χ1) is 9.45. The predicted octanol–water partition coefficient (Wildman–Crippen LogP) is 3.07. The van der Waals surface area contributed by atoms with Crippen molar-refractivity contribution >= 4 is 17.8 Å². The van der Waals surface area contributed by atoms with Crippen LogP contribution in [0.3, 0.4) is 0 Å². The maximum Gasteiger partial charge on any atom is 0.196 e.